The van der Waals surface area contributed by atoms with Gasteiger partial charge in [-0.2, -0.15) is 0 Å². The molecule has 0 amide bonds. The van der Waals surface area contributed by atoms with Gasteiger partial charge in [-0.15, -0.1) is 22.7 Å². The van der Waals surface area contributed by atoms with Gasteiger partial charge in [0.1, 0.15) is 17.9 Å². The average molecular weight is 479 g/mol. The van der Waals surface area contributed by atoms with Crippen LogP contribution in [0.4, 0.5) is 5.82 Å². The molecule has 0 saturated heterocycles. The number of rotatable bonds is 8. The number of thiophene rings is 2. The van der Waals surface area contributed by atoms with Crippen LogP contribution < -0.4 is 16.3 Å². The summed E-state index contributed by atoms with van der Waals surface area (Å²) < 4.78 is 6.87. The van der Waals surface area contributed by atoms with Gasteiger partial charge in [-0.25, -0.2) is 14.8 Å². The average Bonchev–Trinajstić information content (AvgIpc) is 3.49. The first-order chi connectivity index (χ1) is 16.2. The summed E-state index contributed by atoms with van der Waals surface area (Å²) in [4.78, 5) is 23.7. The molecule has 0 fully saturated rings. The highest BCUT2D eigenvalue weighted by Gasteiger charge is 2.22. The Bertz CT molecular complexity index is 1470. The number of aromatic nitrogens is 2. The molecule has 1 atom stereocenters. The van der Waals surface area contributed by atoms with E-state index < -0.39 is 0 Å². The number of hydrogen-bond donors (Lipinski definition) is 3. The SMILES string of the molecule is CC(Nc1ncnc2ccsc12)c1oc(=O)c2ccccc2c1-c1ccc(CNCCO)s1. The Labute approximate surface area is 197 Å². The summed E-state index contributed by atoms with van der Waals surface area (Å²) in [5.41, 5.74) is 1.42. The highest BCUT2D eigenvalue weighted by molar-refractivity contribution is 7.17. The van der Waals surface area contributed by atoms with Gasteiger partial charge in [0.2, 0.25) is 0 Å². The van der Waals surface area contributed by atoms with Crippen molar-refractivity contribution in [2.45, 2.75) is 19.5 Å². The molecule has 0 aliphatic heterocycles. The fourth-order valence-corrected chi connectivity index (χ4v) is 5.68. The topological polar surface area (TPSA) is 100 Å². The molecule has 1 aromatic carbocycles. The maximum atomic E-state index is 12.8. The molecule has 4 heterocycles. The molecule has 33 heavy (non-hydrogen) atoms. The van der Waals surface area contributed by atoms with E-state index in [4.69, 9.17) is 9.52 Å². The third-order valence-corrected chi connectivity index (χ3v) is 7.36. The number of nitrogens with one attached hydrogen (secondary N) is 2. The molecule has 4 aromatic heterocycles. The van der Waals surface area contributed by atoms with E-state index in [0.717, 1.165) is 30.9 Å². The Morgan fingerprint density at radius 1 is 1.12 bits per heavy atom. The van der Waals surface area contributed by atoms with Crippen LogP contribution in [-0.2, 0) is 6.54 Å². The first-order valence-electron chi connectivity index (χ1n) is 10.6. The zero-order valence-electron chi connectivity index (χ0n) is 17.9. The van der Waals surface area contributed by atoms with Gasteiger partial charge in [0, 0.05) is 33.8 Å². The minimum atomic E-state index is -0.358. The largest absolute Gasteiger partial charge is 0.425 e. The van der Waals surface area contributed by atoms with Crippen LogP contribution in [-0.4, -0.2) is 28.2 Å². The fraction of sp³-hybridized carbons (Fsp3) is 0.208. The van der Waals surface area contributed by atoms with Crippen molar-refractivity contribution in [3.8, 4) is 10.4 Å². The fourth-order valence-electron chi connectivity index (χ4n) is 3.84. The van der Waals surface area contributed by atoms with Crippen molar-refractivity contribution in [2.75, 3.05) is 18.5 Å². The van der Waals surface area contributed by atoms with E-state index in [1.54, 1.807) is 28.7 Å². The number of anilines is 1. The van der Waals surface area contributed by atoms with E-state index in [1.165, 1.54) is 6.33 Å². The smallest absolute Gasteiger partial charge is 0.343 e. The van der Waals surface area contributed by atoms with Crippen LogP contribution in [0.2, 0.25) is 0 Å². The van der Waals surface area contributed by atoms with E-state index in [-0.39, 0.29) is 18.3 Å². The molecule has 168 valence electrons. The van der Waals surface area contributed by atoms with Crippen molar-refractivity contribution in [1.29, 1.82) is 0 Å². The quantitative estimate of drug-likeness (QED) is 0.276. The Morgan fingerprint density at radius 2 is 1.97 bits per heavy atom. The normalized spacial score (nSPS) is 12.4. The second-order valence-corrected chi connectivity index (χ2v) is 9.65. The first kappa shape index (κ1) is 21.7. The highest BCUT2D eigenvalue weighted by Crippen LogP contribution is 2.39. The molecule has 1 unspecified atom stereocenters. The Kier molecular flexibility index (Phi) is 6.19. The lowest BCUT2D eigenvalue weighted by Gasteiger charge is -2.18. The molecule has 0 radical (unpaired) electrons. The number of nitrogens with zero attached hydrogens (tertiary/aromatic N) is 2. The lowest BCUT2D eigenvalue weighted by atomic mass is 10.0. The van der Waals surface area contributed by atoms with Crippen LogP contribution in [0.5, 0.6) is 0 Å². The number of aliphatic hydroxyl groups is 1. The summed E-state index contributed by atoms with van der Waals surface area (Å²) in [5.74, 6) is 1.28. The van der Waals surface area contributed by atoms with E-state index in [1.807, 2.05) is 36.6 Å². The Balaban J connectivity index is 1.60. The van der Waals surface area contributed by atoms with Gasteiger partial charge in [-0.1, -0.05) is 18.2 Å². The molecule has 7 nitrogen and oxygen atoms in total. The second kappa shape index (κ2) is 9.40. The van der Waals surface area contributed by atoms with Crippen LogP contribution >= 0.6 is 22.7 Å². The maximum Gasteiger partial charge on any atom is 0.343 e. The molecule has 5 rings (SSSR count). The molecular formula is C24H22N4O3S2. The Morgan fingerprint density at radius 3 is 2.82 bits per heavy atom. The van der Waals surface area contributed by atoms with E-state index >= 15 is 0 Å². The Hall–Kier alpha value is -3.11. The standard InChI is InChI=1S/C24H22N4O3S2/c1-14(28-23-22-18(8-11-32-22)26-13-27-23)21-20(16-4-2-3-5-17(16)24(30)31-21)19-7-6-15(33-19)12-25-9-10-29/h2-8,11,13-14,25,29H,9-10,12H2,1H3,(H,26,27,28). The third-order valence-electron chi connectivity index (χ3n) is 5.35. The molecule has 0 spiro atoms. The lowest BCUT2D eigenvalue weighted by Crippen LogP contribution is -2.16. The predicted molar refractivity (Wildman–Crippen MR) is 134 cm³/mol. The van der Waals surface area contributed by atoms with Crippen molar-refractivity contribution < 1.29 is 9.52 Å². The molecule has 3 N–H and O–H groups in total. The summed E-state index contributed by atoms with van der Waals surface area (Å²) in [6.07, 6.45) is 1.53. The van der Waals surface area contributed by atoms with Crippen LogP contribution in [0.25, 0.3) is 31.4 Å². The molecule has 0 aliphatic carbocycles. The van der Waals surface area contributed by atoms with E-state index in [9.17, 15) is 4.79 Å². The minimum absolute atomic E-state index is 0.0978. The van der Waals surface area contributed by atoms with Crippen molar-refractivity contribution in [1.82, 2.24) is 15.3 Å². The number of fused-ring (bicyclic) bond motifs is 2. The zero-order chi connectivity index (χ0) is 22.8. The summed E-state index contributed by atoms with van der Waals surface area (Å²) in [7, 11) is 0. The molecule has 0 bridgehead atoms. The first-order valence-corrected chi connectivity index (χ1v) is 12.3. The van der Waals surface area contributed by atoms with Crippen LogP contribution in [0, 0.1) is 0 Å². The third kappa shape index (κ3) is 4.28. The molecule has 0 saturated carbocycles. The van der Waals surface area contributed by atoms with Crippen molar-refractivity contribution in [2.24, 2.45) is 0 Å². The lowest BCUT2D eigenvalue weighted by molar-refractivity contribution is 0.292. The van der Waals surface area contributed by atoms with Crippen molar-refractivity contribution >= 4 is 49.5 Å². The van der Waals surface area contributed by atoms with Gasteiger partial charge in [0.25, 0.3) is 0 Å². The van der Waals surface area contributed by atoms with Gasteiger partial charge in [-0.3, -0.25) is 0 Å². The monoisotopic (exact) mass is 478 g/mol. The van der Waals surface area contributed by atoms with Gasteiger partial charge < -0.3 is 20.2 Å². The molecule has 0 aliphatic rings. The van der Waals surface area contributed by atoms with Crippen LogP contribution in [0.1, 0.15) is 23.6 Å². The summed E-state index contributed by atoms with van der Waals surface area (Å²) >= 11 is 3.21. The van der Waals surface area contributed by atoms with Gasteiger partial charge >= 0.3 is 5.63 Å². The second-order valence-electron chi connectivity index (χ2n) is 7.56. The van der Waals surface area contributed by atoms with Gasteiger partial charge in [0.05, 0.1) is 28.3 Å². The van der Waals surface area contributed by atoms with Crippen molar-refractivity contribution in [3.63, 3.8) is 0 Å². The zero-order valence-corrected chi connectivity index (χ0v) is 19.5. The number of hydrogen-bond acceptors (Lipinski definition) is 9. The number of benzene rings is 1. The van der Waals surface area contributed by atoms with Gasteiger partial charge in [0.15, 0.2) is 0 Å². The molecule has 5 aromatic rings. The summed E-state index contributed by atoms with van der Waals surface area (Å²) in [6.45, 7) is 3.27. The van der Waals surface area contributed by atoms with Crippen LogP contribution in [0.3, 0.4) is 0 Å². The highest BCUT2D eigenvalue weighted by atomic mass is 32.1. The van der Waals surface area contributed by atoms with Gasteiger partial charge in [-0.05, 0) is 36.6 Å². The van der Waals surface area contributed by atoms with Crippen molar-refractivity contribution in [3.05, 3.63) is 75.2 Å². The molecule has 9 heteroatoms. The minimum Gasteiger partial charge on any atom is -0.425 e. The summed E-state index contributed by atoms with van der Waals surface area (Å²) in [6, 6.07) is 13.3. The summed E-state index contributed by atoms with van der Waals surface area (Å²) in [5, 5.41) is 19.1. The molecular weight excluding hydrogens is 456 g/mol. The van der Waals surface area contributed by atoms with Crippen LogP contribution in [0.15, 0.2) is 63.4 Å². The van der Waals surface area contributed by atoms with E-state index in [2.05, 4.69) is 32.7 Å². The predicted octanol–water partition coefficient (Wildman–Crippen LogP) is 4.78. The van der Waals surface area contributed by atoms with E-state index in [0.29, 0.717) is 30.1 Å². The maximum absolute atomic E-state index is 12.8. The number of aliphatic hydroxyl groups excluding tert-OH is 1.